The molecule has 5 nitrogen and oxygen atoms in total. The van der Waals surface area contributed by atoms with Crippen molar-refractivity contribution < 1.29 is 0 Å². The molecule has 0 aromatic carbocycles. The number of pyridine rings is 1. The molecule has 18 heavy (non-hydrogen) atoms. The van der Waals surface area contributed by atoms with Crippen molar-refractivity contribution in [1.82, 2.24) is 19.5 Å². The van der Waals surface area contributed by atoms with Gasteiger partial charge in [-0.2, -0.15) is 5.26 Å². The van der Waals surface area contributed by atoms with Crippen molar-refractivity contribution in [2.45, 2.75) is 0 Å². The van der Waals surface area contributed by atoms with E-state index in [2.05, 4.69) is 21.0 Å². The van der Waals surface area contributed by atoms with Crippen LogP contribution in [-0.2, 0) is 0 Å². The van der Waals surface area contributed by atoms with Gasteiger partial charge in [-0.1, -0.05) is 12.2 Å². The number of aromatic amines is 1. The Morgan fingerprint density at radius 3 is 3.06 bits per heavy atom. The molecule has 0 atom stereocenters. The van der Waals surface area contributed by atoms with Gasteiger partial charge in [0.2, 0.25) is 0 Å². The molecule has 0 bridgehead atoms. The van der Waals surface area contributed by atoms with Crippen LogP contribution in [0.25, 0.3) is 16.9 Å². The van der Waals surface area contributed by atoms with Crippen LogP contribution in [0.15, 0.2) is 36.9 Å². The van der Waals surface area contributed by atoms with Crippen molar-refractivity contribution in [3.05, 3.63) is 47.1 Å². The van der Waals surface area contributed by atoms with E-state index in [0.29, 0.717) is 16.0 Å². The van der Waals surface area contributed by atoms with Crippen LogP contribution in [0.2, 0.25) is 0 Å². The van der Waals surface area contributed by atoms with Gasteiger partial charge in [0.25, 0.3) is 0 Å². The Bertz CT molecular complexity index is 824. The second kappa shape index (κ2) is 4.05. The third-order valence-corrected chi connectivity index (χ3v) is 2.86. The molecule has 0 aliphatic rings. The summed E-state index contributed by atoms with van der Waals surface area (Å²) in [4.78, 5) is 11.2. The zero-order valence-electron chi connectivity index (χ0n) is 9.16. The molecule has 0 spiro atoms. The summed E-state index contributed by atoms with van der Waals surface area (Å²) < 4.78 is 2.40. The van der Waals surface area contributed by atoms with Gasteiger partial charge in [-0.15, -0.1) is 0 Å². The molecular formula is C12H7N5S. The number of nitriles is 1. The van der Waals surface area contributed by atoms with Gasteiger partial charge in [-0.05, 0) is 18.2 Å². The number of aromatic nitrogens is 4. The zero-order chi connectivity index (χ0) is 12.5. The Morgan fingerprint density at radius 2 is 2.22 bits per heavy atom. The number of hydrogen-bond acceptors (Lipinski definition) is 4. The summed E-state index contributed by atoms with van der Waals surface area (Å²) in [5.74, 6) is 0.634. The molecule has 3 heterocycles. The first-order chi connectivity index (χ1) is 8.79. The first kappa shape index (κ1) is 10.6. The van der Waals surface area contributed by atoms with Gasteiger partial charge in [0.15, 0.2) is 0 Å². The minimum Gasteiger partial charge on any atom is -0.331 e. The number of nitrogens with one attached hydrogen (secondary N) is 1. The molecule has 3 aromatic heterocycles. The SMILES string of the molecule is N#Cc1ccc(=S)[nH]c1-n1ccc2ncncc21. The minimum absolute atomic E-state index is 0.518. The largest absolute Gasteiger partial charge is 0.331 e. The van der Waals surface area contributed by atoms with Crippen LogP contribution in [0, 0.1) is 16.0 Å². The Kier molecular flexibility index (Phi) is 2.39. The van der Waals surface area contributed by atoms with Crippen LogP contribution >= 0.6 is 12.2 Å². The number of rotatable bonds is 1. The quantitative estimate of drug-likeness (QED) is 0.676. The first-order valence-corrected chi connectivity index (χ1v) is 5.61. The highest BCUT2D eigenvalue weighted by atomic mass is 32.1. The number of H-pyrrole nitrogens is 1. The van der Waals surface area contributed by atoms with Gasteiger partial charge >= 0.3 is 0 Å². The summed E-state index contributed by atoms with van der Waals surface area (Å²) in [7, 11) is 0. The number of hydrogen-bond donors (Lipinski definition) is 1. The Labute approximate surface area is 107 Å². The second-order valence-corrected chi connectivity index (χ2v) is 4.12. The van der Waals surface area contributed by atoms with E-state index >= 15 is 0 Å². The fourth-order valence-electron chi connectivity index (χ4n) is 1.81. The van der Waals surface area contributed by atoms with E-state index in [0.717, 1.165) is 11.0 Å². The molecule has 0 unspecified atom stereocenters. The molecule has 0 saturated carbocycles. The Morgan fingerprint density at radius 1 is 1.33 bits per heavy atom. The first-order valence-electron chi connectivity index (χ1n) is 5.20. The fraction of sp³-hybridized carbons (Fsp3) is 0. The van der Waals surface area contributed by atoms with Gasteiger partial charge in [-0.3, -0.25) is 4.57 Å². The fourth-order valence-corrected chi connectivity index (χ4v) is 1.97. The van der Waals surface area contributed by atoms with E-state index in [1.54, 1.807) is 18.3 Å². The minimum atomic E-state index is 0.518. The molecule has 0 aliphatic heterocycles. The standard InChI is InChI=1S/C12H7N5S/c13-5-8-1-2-11(18)16-12(8)17-4-3-9-10(17)6-14-7-15-9/h1-4,6-7H,(H,16,18). The van der Waals surface area contributed by atoms with Gasteiger partial charge in [0, 0.05) is 6.20 Å². The van der Waals surface area contributed by atoms with Crippen LogP contribution in [0.1, 0.15) is 5.56 Å². The lowest BCUT2D eigenvalue weighted by Gasteiger charge is -2.06. The summed E-state index contributed by atoms with van der Waals surface area (Å²) in [5, 5.41) is 9.13. The van der Waals surface area contributed by atoms with Crippen molar-refractivity contribution >= 4 is 23.3 Å². The molecule has 0 amide bonds. The van der Waals surface area contributed by atoms with E-state index in [4.69, 9.17) is 17.5 Å². The monoisotopic (exact) mass is 253 g/mol. The molecule has 3 rings (SSSR count). The normalized spacial score (nSPS) is 10.4. The van der Waals surface area contributed by atoms with E-state index in [-0.39, 0.29) is 0 Å². The molecule has 1 N–H and O–H groups in total. The predicted octanol–water partition coefficient (Wildman–Crippen LogP) is 2.35. The smallest absolute Gasteiger partial charge is 0.133 e. The maximum atomic E-state index is 9.13. The highest BCUT2D eigenvalue weighted by Gasteiger charge is 2.08. The van der Waals surface area contributed by atoms with Crippen LogP contribution in [0.4, 0.5) is 0 Å². The topological polar surface area (TPSA) is 70.3 Å². The summed E-state index contributed by atoms with van der Waals surface area (Å²) in [6, 6.07) is 7.39. The molecule has 6 heteroatoms. The average Bonchev–Trinajstić information content (AvgIpc) is 2.82. The Hall–Kier alpha value is -2.52. The zero-order valence-corrected chi connectivity index (χ0v) is 9.98. The highest BCUT2D eigenvalue weighted by molar-refractivity contribution is 7.71. The van der Waals surface area contributed by atoms with Gasteiger partial charge in [0.05, 0.1) is 22.8 Å². The van der Waals surface area contributed by atoms with Crippen molar-refractivity contribution in [2.24, 2.45) is 0 Å². The lowest BCUT2D eigenvalue weighted by atomic mass is 10.3. The maximum Gasteiger partial charge on any atom is 0.133 e. The number of fused-ring (bicyclic) bond motifs is 1. The molecule has 0 radical (unpaired) electrons. The summed E-state index contributed by atoms with van der Waals surface area (Å²) in [5.41, 5.74) is 2.16. The molecular weight excluding hydrogens is 246 g/mol. The summed E-state index contributed by atoms with van der Waals surface area (Å²) >= 11 is 5.09. The van der Waals surface area contributed by atoms with Crippen LogP contribution in [-0.4, -0.2) is 19.5 Å². The molecule has 0 fully saturated rings. The third kappa shape index (κ3) is 1.58. The van der Waals surface area contributed by atoms with Gasteiger partial charge < -0.3 is 4.98 Å². The molecule has 0 saturated heterocycles. The van der Waals surface area contributed by atoms with Gasteiger partial charge in [0.1, 0.15) is 22.9 Å². The van der Waals surface area contributed by atoms with Crippen molar-refractivity contribution in [3.63, 3.8) is 0 Å². The van der Waals surface area contributed by atoms with Crippen molar-refractivity contribution in [2.75, 3.05) is 0 Å². The predicted molar refractivity (Wildman–Crippen MR) is 68.8 cm³/mol. The summed E-state index contributed by atoms with van der Waals surface area (Å²) in [6.07, 6.45) is 5.03. The van der Waals surface area contributed by atoms with E-state index < -0.39 is 0 Å². The molecule has 3 aromatic rings. The maximum absolute atomic E-state index is 9.13. The highest BCUT2D eigenvalue weighted by Crippen LogP contribution is 2.18. The van der Waals surface area contributed by atoms with Crippen molar-refractivity contribution in [3.8, 4) is 11.9 Å². The van der Waals surface area contributed by atoms with E-state index in [1.165, 1.54) is 6.33 Å². The number of nitrogens with zero attached hydrogens (tertiary/aromatic N) is 4. The van der Waals surface area contributed by atoms with Gasteiger partial charge in [-0.25, -0.2) is 9.97 Å². The average molecular weight is 253 g/mol. The lowest BCUT2D eigenvalue weighted by molar-refractivity contribution is 1.02. The van der Waals surface area contributed by atoms with E-state index in [9.17, 15) is 0 Å². The van der Waals surface area contributed by atoms with Crippen molar-refractivity contribution in [1.29, 1.82) is 5.26 Å². The molecule has 86 valence electrons. The third-order valence-electron chi connectivity index (χ3n) is 2.62. The lowest BCUT2D eigenvalue weighted by Crippen LogP contribution is -2.00. The molecule has 0 aliphatic carbocycles. The second-order valence-electron chi connectivity index (χ2n) is 3.68. The van der Waals surface area contributed by atoms with E-state index in [1.807, 2.05) is 16.8 Å². The summed E-state index contributed by atoms with van der Waals surface area (Å²) in [6.45, 7) is 0. The van der Waals surface area contributed by atoms with Crippen LogP contribution < -0.4 is 0 Å². The van der Waals surface area contributed by atoms with Crippen LogP contribution in [0.5, 0.6) is 0 Å². The Balaban J connectivity index is 2.36. The van der Waals surface area contributed by atoms with Crippen LogP contribution in [0.3, 0.4) is 0 Å².